The van der Waals surface area contributed by atoms with Gasteiger partial charge in [-0.3, -0.25) is 4.79 Å². The van der Waals surface area contributed by atoms with E-state index in [4.69, 9.17) is 0 Å². The average molecular weight is 335 g/mol. The summed E-state index contributed by atoms with van der Waals surface area (Å²) < 4.78 is 3.04. The topological polar surface area (TPSA) is 25.2 Å². The highest BCUT2D eigenvalue weighted by molar-refractivity contribution is 9.10. The molecule has 20 heavy (non-hydrogen) atoms. The Balaban J connectivity index is 2.01. The van der Waals surface area contributed by atoms with Crippen molar-refractivity contribution in [3.8, 4) is 0 Å². The first kappa shape index (κ1) is 13.7. The third-order valence-corrected chi connectivity index (χ3v) is 4.62. The van der Waals surface area contributed by atoms with Crippen LogP contribution in [0, 0.1) is 5.92 Å². The highest BCUT2D eigenvalue weighted by Crippen LogP contribution is 2.27. The normalized spacial score (nSPS) is 19.6. The number of piperidine rings is 1. The van der Waals surface area contributed by atoms with E-state index >= 15 is 0 Å². The van der Waals surface area contributed by atoms with Gasteiger partial charge in [-0.15, -0.1) is 0 Å². The number of hydrogen-bond donors (Lipinski definition) is 0. The lowest BCUT2D eigenvalue weighted by molar-refractivity contribution is 0.0685. The van der Waals surface area contributed by atoms with Crippen LogP contribution in [-0.2, 0) is 7.05 Å². The number of nitrogens with zero attached hydrogens (tertiary/aromatic N) is 2. The second-order valence-electron chi connectivity index (χ2n) is 5.81. The number of fused-ring (bicyclic) bond motifs is 1. The first-order valence-electron chi connectivity index (χ1n) is 7.10. The van der Waals surface area contributed by atoms with E-state index < -0.39 is 0 Å². The number of rotatable bonds is 1. The van der Waals surface area contributed by atoms with Crippen LogP contribution in [0.3, 0.4) is 0 Å². The lowest BCUT2D eigenvalue weighted by Crippen LogP contribution is -2.39. The molecule has 1 saturated heterocycles. The number of aryl methyl sites for hydroxylation is 1. The number of hydrogen-bond acceptors (Lipinski definition) is 1. The largest absolute Gasteiger partial charge is 0.350 e. The Morgan fingerprint density at radius 1 is 1.40 bits per heavy atom. The highest BCUT2D eigenvalue weighted by Gasteiger charge is 2.24. The molecule has 0 aliphatic carbocycles. The summed E-state index contributed by atoms with van der Waals surface area (Å²) in [5, 5.41) is 1.03. The second-order valence-corrected chi connectivity index (χ2v) is 6.73. The third kappa shape index (κ3) is 2.37. The fourth-order valence-electron chi connectivity index (χ4n) is 3.08. The molecule has 1 fully saturated rings. The van der Waals surface area contributed by atoms with Gasteiger partial charge in [-0.05, 0) is 37.0 Å². The van der Waals surface area contributed by atoms with Crippen molar-refractivity contribution in [2.24, 2.45) is 13.0 Å². The number of halogens is 1. The van der Waals surface area contributed by atoms with E-state index in [9.17, 15) is 4.79 Å². The quantitative estimate of drug-likeness (QED) is 0.778. The Hall–Kier alpha value is -1.29. The van der Waals surface area contributed by atoms with Crippen LogP contribution in [-0.4, -0.2) is 28.5 Å². The fraction of sp³-hybridized carbons (Fsp3) is 0.438. The van der Waals surface area contributed by atoms with Crippen molar-refractivity contribution < 1.29 is 4.79 Å². The predicted octanol–water partition coefficient (Wildman–Crippen LogP) is 3.81. The zero-order valence-corrected chi connectivity index (χ0v) is 13.5. The number of aromatic nitrogens is 1. The molecule has 0 radical (unpaired) electrons. The van der Waals surface area contributed by atoms with Crippen molar-refractivity contribution in [3.63, 3.8) is 0 Å². The van der Waals surface area contributed by atoms with Gasteiger partial charge in [-0.25, -0.2) is 0 Å². The molecular weight excluding hydrogens is 316 g/mol. The first-order chi connectivity index (χ1) is 9.56. The van der Waals surface area contributed by atoms with E-state index in [0.717, 1.165) is 40.4 Å². The molecule has 2 aromatic rings. The monoisotopic (exact) mass is 334 g/mol. The summed E-state index contributed by atoms with van der Waals surface area (Å²) in [6, 6.07) is 6.10. The Kier molecular flexibility index (Phi) is 3.59. The van der Waals surface area contributed by atoms with Crippen molar-refractivity contribution in [3.05, 3.63) is 34.4 Å². The maximum absolute atomic E-state index is 12.8. The summed E-state index contributed by atoms with van der Waals surface area (Å²) in [5.41, 5.74) is 1.92. The minimum atomic E-state index is 0.167. The maximum Gasteiger partial charge on any atom is 0.256 e. The molecule has 3 rings (SSSR count). The Morgan fingerprint density at radius 3 is 2.95 bits per heavy atom. The minimum absolute atomic E-state index is 0.167. The van der Waals surface area contributed by atoms with Crippen molar-refractivity contribution in [1.29, 1.82) is 0 Å². The fourth-order valence-corrected chi connectivity index (χ4v) is 3.44. The van der Waals surface area contributed by atoms with Crippen molar-refractivity contribution in [1.82, 2.24) is 9.47 Å². The van der Waals surface area contributed by atoms with E-state index in [0.29, 0.717) is 5.92 Å². The van der Waals surface area contributed by atoms with Gasteiger partial charge in [0, 0.05) is 41.7 Å². The van der Waals surface area contributed by atoms with Gasteiger partial charge in [0.25, 0.3) is 5.91 Å². The summed E-state index contributed by atoms with van der Waals surface area (Å²) in [7, 11) is 1.99. The number of benzene rings is 1. The molecular formula is C16H19BrN2O. The van der Waals surface area contributed by atoms with Crippen LogP contribution < -0.4 is 0 Å². The molecule has 0 N–H and O–H groups in total. The molecule has 4 heteroatoms. The molecule has 106 valence electrons. The van der Waals surface area contributed by atoms with E-state index in [1.807, 2.05) is 34.8 Å². The van der Waals surface area contributed by atoms with Crippen LogP contribution in [0.25, 0.3) is 10.9 Å². The van der Waals surface area contributed by atoms with E-state index in [-0.39, 0.29) is 5.91 Å². The van der Waals surface area contributed by atoms with Crippen molar-refractivity contribution in [2.45, 2.75) is 19.8 Å². The van der Waals surface area contributed by atoms with Gasteiger partial charge in [0.2, 0.25) is 0 Å². The molecule has 0 spiro atoms. The molecule has 1 atom stereocenters. The predicted molar refractivity (Wildman–Crippen MR) is 84.9 cm³/mol. The zero-order valence-electron chi connectivity index (χ0n) is 11.9. The Bertz CT molecular complexity index is 662. The van der Waals surface area contributed by atoms with Gasteiger partial charge in [-0.2, -0.15) is 0 Å². The van der Waals surface area contributed by atoms with Crippen LogP contribution in [0.2, 0.25) is 0 Å². The summed E-state index contributed by atoms with van der Waals surface area (Å²) in [6.45, 7) is 3.98. The molecule has 3 nitrogen and oxygen atoms in total. The highest BCUT2D eigenvalue weighted by atomic mass is 79.9. The van der Waals surface area contributed by atoms with Gasteiger partial charge in [0.15, 0.2) is 0 Å². The summed E-state index contributed by atoms with van der Waals surface area (Å²) in [5.74, 6) is 0.773. The number of amides is 1. The van der Waals surface area contributed by atoms with Crippen molar-refractivity contribution >= 4 is 32.7 Å². The Morgan fingerprint density at radius 2 is 2.20 bits per heavy atom. The van der Waals surface area contributed by atoms with Gasteiger partial charge < -0.3 is 9.47 Å². The van der Waals surface area contributed by atoms with Crippen LogP contribution in [0.4, 0.5) is 0 Å². The SMILES string of the molecule is CC1CCCN(C(=O)c2cn(C)c3ccc(Br)cc23)C1. The molecule has 1 aromatic carbocycles. The Labute approximate surface area is 127 Å². The summed E-state index contributed by atoms with van der Waals surface area (Å²) >= 11 is 3.50. The summed E-state index contributed by atoms with van der Waals surface area (Å²) in [4.78, 5) is 14.8. The van der Waals surface area contributed by atoms with E-state index in [1.165, 1.54) is 6.42 Å². The number of likely N-dealkylation sites (tertiary alicyclic amines) is 1. The van der Waals surface area contributed by atoms with Gasteiger partial charge >= 0.3 is 0 Å². The van der Waals surface area contributed by atoms with Gasteiger partial charge in [0.05, 0.1) is 5.56 Å². The molecule has 1 unspecified atom stereocenters. The van der Waals surface area contributed by atoms with Crippen LogP contribution in [0.1, 0.15) is 30.1 Å². The minimum Gasteiger partial charge on any atom is -0.350 e. The standard InChI is InChI=1S/C16H19BrN2O/c1-11-4-3-7-19(9-11)16(20)14-10-18(2)15-6-5-12(17)8-13(14)15/h5-6,8,10-11H,3-4,7,9H2,1-2H3. The van der Waals surface area contributed by atoms with E-state index in [2.05, 4.69) is 28.9 Å². The molecule has 1 aromatic heterocycles. The molecule has 2 heterocycles. The average Bonchev–Trinajstić information content (AvgIpc) is 2.74. The molecule has 1 aliphatic heterocycles. The van der Waals surface area contributed by atoms with Crippen molar-refractivity contribution in [2.75, 3.05) is 13.1 Å². The second kappa shape index (κ2) is 5.24. The molecule has 1 aliphatic rings. The smallest absolute Gasteiger partial charge is 0.256 e. The maximum atomic E-state index is 12.8. The van der Waals surface area contributed by atoms with Gasteiger partial charge in [-0.1, -0.05) is 22.9 Å². The van der Waals surface area contributed by atoms with Gasteiger partial charge in [0.1, 0.15) is 0 Å². The summed E-state index contributed by atoms with van der Waals surface area (Å²) in [6.07, 6.45) is 4.30. The third-order valence-electron chi connectivity index (χ3n) is 4.13. The molecule has 1 amide bonds. The lowest BCUT2D eigenvalue weighted by Gasteiger charge is -2.30. The van der Waals surface area contributed by atoms with E-state index in [1.54, 1.807) is 0 Å². The molecule has 0 saturated carbocycles. The lowest BCUT2D eigenvalue weighted by atomic mass is 9.99. The van der Waals surface area contributed by atoms with Crippen LogP contribution in [0.15, 0.2) is 28.9 Å². The number of carbonyl (C=O) groups is 1. The first-order valence-corrected chi connectivity index (χ1v) is 7.89. The number of carbonyl (C=O) groups excluding carboxylic acids is 1. The zero-order chi connectivity index (χ0) is 14.3. The molecule has 0 bridgehead atoms. The van der Waals surface area contributed by atoms with Crippen LogP contribution in [0.5, 0.6) is 0 Å². The van der Waals surface area contributed by atoms with Crippen LogP contribution >= 0.6 is 15.9 Å².